The van der Waals surface area contributed by atoms with E-state index in [1.807, 2.05) is 51.4 Å². The van der Waals surface area contributed by atoms with Crippen molar-refractivity contribution < 1.29 is 0 Å². The molecule has 0 atom stereocenters. The Morgan fingerprint density at radius 2 is 1.91 bits per heavy atom. The number of hydrogen-bond acceptors (Lipinski definition) is 5. The largest absolute Gasteiger partial charge is 0.351 e. The quantitative estimate of drug-likeness (QED) is 0.579. The van der Waals surface area contributed by atoms with Gasteiger partial charge in [0, 0.05) is 14.1 Å². The third-order valence-corrected chi connectivity index (χ3v) is 4.05. The zero-order valence-electron chi connectivity index (χ0n) is 13.3. The molecule has 0 bridgehead atoms. The molecule has 0 aliphatic carbocycles. The smallest absolute Gasteiger partial charge is 0.178 e. The number of para-hydroxylation sites is 2. The van der Waals surface area contributed by atoms with E-state index < -0.39 is 0 Å². The molecule has 23 heavy (non-hydrogen) atoms. The Hall–Kier alpha value is -2.96. The van der Waals surface area contributed by atoms with Gasteiger partial charge in [-0.15, -0.1) is 15.3 Å². The molecule has 0 radical (unpaired) electrons. The van der Waals surface area contributed by atoms with Crippen LogP contribution in [0.15, 0.2) is 36.4 Å². The molecule has 3 aromatic heterocycles. The van der Waals surface area contributed by atoms with Gasteiger partial charge in [0.05, 0.1) is 17.6 Å². The lowest BCUT2D eigenvalue weighted by molar-refractivity contribution is 0.752. The van der Waals surface area contributed by atoms with Crippen LogP contribution < -0.4 is 4.90 Å². The minimum absolute atomic E-state index is 0.671. The van der Waals surface area contributed by atoms with Crippen LogP contribution in [-0.4, -0.2) is 36.4 Å². The van der Waals surface area contributed by atoms with Gasteiger partial charge < -0.3 is 9.47 Å². The van der Waals surface area contributed by atoms with Gasteiger partial charge in [-0.2, -0.15) is 4.52 Å². The topological polar surface area (TPSA) is 64.1 Å². The third-order valence-electron chi connectivity index (χ3n) is 4.05. The molecule has 0 N–H and O–H groups in total. The van der Waals surface area contributed by atoms with E-state index >= 15 is 0 Å². The van der Waals surface area contributed by atoms with Crippen molar-refractivity contribution in [1.29, 1.82) is 0 Å². The molecule has 0 saturated carbocycles. The van der Waals surface area contributed by atoms with Crippen LogP contribution in [-0.2, 0) is 13.6 Å². The molecule has 0 amide bonds. The maximum Gasteiger partial charge on any atom is 0.178 e. The number of nitrogens with zero attached hydrogens (tertiary/aromatic N) is 7. The van der Waals surface area contributed by atoms with Crippen LogP contribution in [0.5, 0.6) is 0 Å². The fraction of sp³-hybridized carbons (Fsp3) is 0.250. The van der Waals surface area contributed by atoms with E-state index in [0.717, 1.165) is 34.1 Å². The molecular formula is C16H17N7. The van der Waals surface area contributed by atoms with Crippen LogP contribution in [0.25, 0.3) is 16.7 Å². The van der Waals surface area contributed by atoms with Crippen LogP contribution in [0.2, 0.25) is 0 Å². The molecule has 0 aliphatic heterocycles. The normalized spacial score (nSPS) is 11.4. The fourth-order valence-electron chi connectivity index (χ4n) is 2.72. The van der Waals surface area contributed by atoms with Crippen molar-refractivity contribution in [3.8, 4) is 0 Å². The molecular weight excluding hydrogens is 290 g/mol. The maximum atomic E-state index is 4.71. The van der Waals surface area contributed by atoms with E-state index in [0.29, 0.717) is 6.54 Å². The van der Waals surface area contributed by atoms with E-state index in [1.165, 1.54) is 0 Å². The number of fused-ring (bicyclic) bond motifs is 2. The standard InChI is InChI=1S/C16H17N7/c1-11-18-19-14-8-9-15(20-23(11)14)21(2)10-16-17-12-6-4-5-7-13(12)22(16)3/h4-9H,10H2,1-3H3. The lowest BCUT2D eigenvalue weighted by Crippen LogP contribution is -2.21. The molecule has 0 unspecified atom stereocenters. The van der Waals surface area contributed by atoms with Crippen molar-refractivity contribution in [3.63, 3.8) is 0 Å². The number of imidazole rings is 1. The van der Waals surface area contributed by atoms with E-state index in [2.05, 4.69) is 30.8 Å². The summed E-state index contributed by atoms with van der Waals surface area (Å²) in [6.07, 6.45) is 0. The Bertz CT molecular complexity index is 998. The highest BCUT2D eigenvalue weighted by atomic mass is 15.4. The fourth-order valence-corrected chi connectivity index (χ4v) is 2.72. The number of aromatic nitrogens is 6. The molecule has 4 aromatic rings. The number of hydrogen-bond donors (Lipinski definition) is 0. The van der Waals surface area contributed by atoms with Crippen LogP contribution >= 0.6 is 0 Å². The van der Waals surface area contributed by atoms with E-state index in [-0.39, 0.29) is 0 Å². The second-order valence-electron chi connectivity index (χ2n) is 5.64. The summed E-state index contributed by atoms with van der Waals surface area (Å²) in [7, 11) is 4.05. The van der Waals surface area contributed by atoms with Crippen LogP contribution in [0.3, 0.4) is 0 Å². The lowest BCUT2D eigenvalue weighted by Gasteiger charge is -2.17. The first-order valence-corrected chi connectivity index (χ1v) is 7.44. The Morgan fingerprint density at radius 3 is 2.74 bits per heavy atom. The monoisotopic (exact) mass is 307 g/mol. The van der Waals surface area contributed by atoms with Gasteiger partial charge in [0.15, 0.2) is 11.5 Å². The van der Waals surface area contributed by atoms with Crippen LogP contribution in [0, 0.1) is 6.92 Å². The molecule has 0 spiro atoms. The number of anilines is 1. The van der Waals surface area contributed by atoms with Gasteiger partial charge >= 0.3 is 0 Å². The summed E-state index contributed by atoms with van der Waals surface area (Å²) in [6.45, 7) is 2.56. The van der Waals surface area contributed by atoms with Gasteiger partial charge in [-0.1, -0.05) is 12.1 Å². The summed E-state index contributed by atoms with van der Waals surface area (Å²) in [5, 5.41) is 12.7. The highest BCUT2D eigenvalue weighted by molar-refractivity contribution is 5.75. The molecule has 116 valence electrons. The van der Waals surface area contributed by atoms with Gasteiger partial charge in [-0.25, -0.2) is 4.98 Å². The van der Waals surface area contributed by atoms with E-state index in [1.54, 1.807) is 4.52 Å². The molecule has 7 nitrogen and oxygen atoms in total. The maximum absolute atomic E-state index is 4.71. The number of benzene rings is 1. The third kappa shape index (κ3) is 2.21. The van der Waals surface area contributed by atoms with E-state index in [9.17, 15) is 0 Å². The number of aryl methyl sites for hydroxylation is 2. The van der Waals surface area contributed by atoms with Gasteiger partial charge in [0.2, 0.25) is 0 Å². The van der Waals surface area contributed by atoms with Crippen molar-refractivity contribution in [2.24, 2.45) is 7.05 Å². The first-order valence-electron chi connectivity index (χ1n) is 7.44. The molecule has 0 fully saturated rings. The predicted octanol–water partition coefficient (Wildman–Crippen LogP) is 1.96. The summed E-state index contributed by atoms with van der Waals surface area (Å²) in [5.41, 5.74) is 2.90. The van der Waals surface area contributed by atoms with Crippen LogP contribution in [0.1, 0.15) is 11.6 Å². The number of rotatable bonds is 3. The predicted molar refractivity (Wildman–Crippen MR) is 88.3 cm³/mol. The average molecular weight is 307 g/mol. The lowest BCUT2D eigenvalue weighted by atomic mass is 10.3. The van der Waals surface area contributed by atoms with Crippen molar-refractivity contribution in [2.75, 3.05) is 11.9 Å². The Kier molecular flexibility index (Phi) is 3.00. The molecule has 0 aliphatic rings. The second kappa shape index (κ2) is 5.05. The Morgan fingerprint density at radius 1 is 1.09 bits per heavy atom. The molecule has 7 heteroatoms. The summed E-state index contributed by atoms with van der Waals surface area (Å²) < 4.78 is 3.87. The summed E-state index contributed by atoms with van der Waals surface area (Å²) in [6, 6.07) is 12.0. The minimum Gasteiger partial charge on any atom is -0.351 e. The van der Waals surface area contributed by atoms with Gasteiger partial charge in [-0.05, 0) is 31.2 Å². The van der Waals surface area contributed by atoms with Gasteiger partial charge in [-0.3, -0.25) is 0 Å². The van der Waals surface area contributed by atoms with Crippen molar-refractivity contribution in [2.45, 2.75) is 13.5 Å². The molecule has 1 aromatic carbocycles. The summed E-state index contributed by atoms with van der Waals surface area (Å²) in [5.74, 6) is 2.63. The van der Waals surface area contributed by atoms with Crippen molar-refractivity contribution >= 4 is 22.5 Å². The van der Waals surface area contributed by atoms with Gasteiger partial charge in [0.25, 0.3) is 0 Å². The minimum atomic E-state index is 0.671. The van der Waals surface area contributed by atoms with Gasteiger partial charge in [0.1, 0.15) is 11.6 Å². The second-order valence-corrected chi connectivity index (χ2v) is 5.64. The first-order chi connectivity index (χ1) is 11.1. The molecule has 0 saturated heterocycles. The van der Waals surface area contributed by atoms with Crippen LogP contribution in [0.4, 0.5) is 5.82 Å². The first kappa shape index (κ1) is 13.7. The summed E-state index contributed by atoms with van der Waals surface area (Å²) in [4.78, 5) is 6.78. The zero-order chi connectivity index (χ0) is 16.0. The Balaban J connectivity index is 1.68. The highest BCUT2D eigenvalue weighted by Gasteiger charge is 2.12. The van der Waals surface area contributed by atoms with Crippen molar-refractivity contribution in [1.82, 2.24) is 29.4 Å². The zero-order valence-corrected chi connectivity index (χ0v) is 13.3. The SMILES string of the molecule is Cc1nnc2ccc(N(C)Cc3nc4ccccc4n3C)nn12. The Labute approximate surface area is 133 Å². The molecule has 4 rings (SSSR count). The highest BCUT2D eigenvalue weighted by Crippen LogP contribution is 2.18. The van der Waals surface area contributed by atoms with Crippen molar-refractivity contribution in [3.05, 3.63) is 48.0 Å². The molecule has 3 heterocycles. The average Bonchev–Trinajstić information content (AvgIpc) is 3.09. The summed E-state index contributed by atoms with van der Waals surface area (Å²) >= 11 is 0. The van der Waals surface area contributed by atoms with E-state index in [4.69, 9.17) is 4.98 Å².